The molecule has 2 heterocycles. The highest BCUT2D eigenvalue weighted by Crippen LogP contribution is 2.22. The van der Waals surface area contributed by atoms with E-state index in [0.717, 1.165) is 44.0 Å². The zero-order chi connectivity index (χ0) is 17.8. The van der Waals surface area contributed by atoms with E-state index >= 15 is 0 Å². The zero-order valence-corrected chi connectivity index (χ0v) is 15.3. The van der Waals surface area contributed by atoms with E-state index in [1.165, 1.54) is 0 Å². The van der Waals surface area contributed by atoms with Gasteiger partial charge in [-0.05, 0) is 37.2 Å². The topological polar surface area (TPSA) is 61.4 Å². The lowest BCUT2D eigenvalue weighted by Gasteiger charge is -2.33. The number of carbonyl (C=O) groups excluding carboxylic acids is 1. The number of hydrogen-bond acceptors (Lipinski definition) is 5. The highest BCUT2D eigenvalue weighted by atomic mass is 35.5. The van der Waals surface area contributed by atoms with Crippen molar-refractivity contribution in [3.63, 3.8) is 0 Å². The van der Waals surface area contributed by atoms with Gasteiger partial charge in [0.1, 0.15) is 5.69 Å². The van der Waals surface area contributed by atoms with E-state index in [2.05, 4.69) is 27.1 Å². The van der Waals surface area contributed by atoms with Crippen LogP contribution in [0.2, 0.25) is 5.02 Å². The Kier molecular flexibility index (Phi) is 5.50. The molecule has 2 aromatic rings. The van der Waals surface area contributed by atoms with Crippen LogP contribution in [0.3, 0.4) is 0 Å². The van der Waals surface area contributed by atoms with Crippen molar-refractivity contribution in [3.8, 4) is 0 Å². The Labute approximate surface area is 152 Å². The van der Waals surface area contributed by atoms with Crippen molar-refractivity contribution in [2.75, 3.05) is 38.0 Å². The molecule has 7 heteroatoms. The van der Waals surface area contributed by atoms with Crippen LogP contribution in [0.15, 0.2) is 30.5 Å². The fourth-order valence-corrected chi connectivity index (χ4v) is 2.95. The average Bonchev–Trinajstić information content (AvgIpc) is 2.64. The summed E-state index contributed by atoms with van der Waals surface area (Å²) in [7, 11) is 0. The van der Waals surface area contributed by atoms with Crippen LogP contribution >= 0.6 is 11.6 Å². The normalized spacial score (nSPS) is 15.2. The summed E-state index contributed by atoms with van der Waals surface area (Å²) in [5.41, 5.74) is 2.20. The first-order valence-corrected chi connectivity index (χ1v) is 8.82. The van der Waals surface area contributed by atoms with Crippen LogP contribution < -0.4 is 5.32 Å². The van der Waals surface area contributed by atoms with Crippen LogP contribution in [0, 0.1) is 6.92 Å². The number of benzene rings is 1. The first-order valence-electron chi connectivity index (χ1n) is 8.44. The number of halogens is 1. The van der Waals surface area contributed by atoms with Gasteiger partial charge < -0.3 is 15.1 Å². The highest BCUT2D eigenvalue weighted by Gasteiger charge is 2.22. The third-order valence-corrected chi connectivity index (χ3v) is 4.82. The van der Waals surface area contributed by atoms with E-state index in [0.29, 0.717) is 16.7 Å². The molecule has 1 fully saturated rings. The number of nitrogens with zero attached hydrogens (tertiary/aromatic N) is 4. The molecule has 0 atom stereocenters. The molecule has 1 saturated heterocycles. The predicted molar refractivity (Wildman–Crippen MR) is 99.5 cm³/mol. The van der Waals surface area contributed by atoms with Gasteiger partial charge in [-0.15, -0.1) is 0 Å². The summed E-state index contributed by atoms with van der Waals surface area (Å²) < 4.78 is 0. The van der Waals surface area contributed by atoms with Crippen molar-refractivity contribution in [2.45, 2.75) is 13.8 Å². The molecule has 1 aromatic heterocycles. The van der Waals surface area contributed by atoms with E-state index < -0.39 is 0 Å². The Bertz CT molecular complexity index is 759. The number of rotatable bonds is 4. The molecule has 1 aromatic carbocycles. The van der Waals surface area contributed by atoms with Crippen LogP contribution in [-0.4, -0.2) is 58.4 Å². The fourth-order valence-electron chi connectivity index (χ4n) is 2.77. The van der Waals surface area contributed by atoms with Crippen LogP contribution in [0.5, 0.6) is 0 Å². The average molecular weight is 360 g/mol. The number of nitrogens with one attached hydrogen (secondary N) is 1. The molecular weight excluding hydrogens is 338 g/mol. The van der Waals surface area contributed by atoms with Crippen molar-refractivity contribution in [1.29, 1.82) is 0 Å². The number of aryl methyl sites for hydroxylation is 1. The van der Waals surface area contributed by atoms with Gasteiger partial charge in [0.2, 0.25) is 5.95 Å². The van der Waals surface area contributed by atoms with E-state index in [9.17, 15) is 4.79 Å². The van der Waals surface area contributed by atoms with Crippen molar-refractivity contribution >= 4 is 29.1 Å². The predicted octanol–water partition coefficient (Wildman–Crippen LogP) is 2.96. The minimum atomic E-state index is -0.0526. The van der Waals surface area contributed by atoms with Gasteiger partial charge >= 0.3 is 0 Å². The Morgan fingerprint density at radius 1 is 1.24 bits per heavy atom. The molecule has 0 spiro atoms. The van der Waals surface area contributed by atoms with Gasteiger partial charge in [0.15, 0.2) is 0 Å². The van der Waals surface area contributed by atoms with Gasteiger partial charge in [0, 0.05) is 43.1 Å². The molecule has 0 radical (unpaired) electrons. The van der Waals surface area contributed by atoms with E-state index in [1.54, 1.807) is 12.3 Å². The monoisotopic (exact) mass is 359 g/mol. The van der Waals surface area contributed by atoms with Gasteiger partial charge in [-0.1, -0.05) is 24.6 Å². The second-order valence-corrected chi connectivity index (χ2v) is 6.49. The Morgan fingerprint density at radius 2 is 2.00 bits per heavy atom. The number of likely N-dealkylation sites (N-methyl/N-ethyl adjacent to an activating group) is 1. The van der Waals surface area contributed by atoms with E-state index in [-0.39, 0.29) is 5.91 Å². The lowest BCUT2D eigenvalue weighted by molar-refractivity contribution is 0.0637. The quantitative estimate of drug-likeness (QED) is 0.909. The Morgan fingerprint density at radius 3 is 2.68 bits per heavy atom. The van der Waals surface area contributed by atoms with E-state index in [1.807, 2.05) is 30.0 Å². The molecule has 3 rings (SSSR count). The number of carbonyl (C=O) groups is 1. The lowest BCUT2D eigenvalue weighted by Crippen LogP contribution is -2.48. The molecule has 132 valence electrons. The molecule has 1 aliphatic rings. The zero-order valence-electron chi connectivity index (χ0n) is 14.5. The standard InChI is InChI=1S/C18H22ClN5O/c1-3-23-8-10-24(11-9-23)17(25)16-6-7-20-18(22-16)21-14-5-4-13(2)15(19)12-14/h4-7,12H,3,8-11H2,1-2H3,(H,20,21,22). The Balaban J connectivity index is 1.70. The fraction of sp³-hybridized carbons (Fsp3) is 0.389. The van der Waals surface area contributed by atoms with Crippen LogP contribution in [0.4, 0.5) is 11.6 Å². The highest BCUT2D eigenvalue weighted by molar-refractivity contribution is 6.31. The van der Waals surface area contributed by atoms with Gasteiger partial charge in [-0.25, -0.2) is 9.97 Å². The molecule has 6 nitrogen and oxygen atoms in total. The second kappa shape index (κ2) is 7.80. The molecule has 1 N–H and O–H groups in total. The molecular formula is C18H22ClN5O. The number of anilines is 2. The number of amides is 1. The van der Waals surface area contributed by atoms with E-state index in [4.69, 9.17) is 11.6 Å². The largest absolute Gasteiger partial charge is 0.335 e. The number of hydrogen-bond donors (Lipinski definition) is 1. The van der Waals surface area contributed by atoms with Crippen molar-refractivity contribution in [3.05, 3.63) is 46.7 Å². The SMILES string of the molecule is CCN1CCN(C(=O)c2ccnc(Nc3ccc(C)c(Cl)c3)n2)CC1. The second-order valence-electron chi connectivity index (χ2n) is 6.08. The van der Waals surface area contributed by atoms with Gasteiger partial charge in [0.25, 0.3) is 5.91 Å². The lowest BCUT2D eigenvalue weighted by atomic mass is 10.2. The summed E-state index contributed by atoms with van der Waals surface area (Å²) in [5.74, 6) is 0.334. The molecule has 0 saturated carbocycles. The summed E-state index contributed by atoms with van der Waals surface area (Å²) in [5, 5.41) is 3.77. The van der Waals surface area contributed by atoms with Gasteiger partial charge in [-0.3, -0.25) is 4.79 Å². The summed E-state index contributed by atoms with van der Waals surface area (Å²) >= 11 is 6.14. The van der Waals surface area contributed by atoms with Crippen molar-refractivity contribution in [2.24, 2.45) is 0 Å². The molecule has 0 unspecified atom stereocenters. The minimum Gasteiger partial charge on any atom is -0.335 e. The number of piperazine rings is 1. The molecule has 0 bridgehead atoms. The maximum absolute atomic E-state index is 12.7. The molecule has 1 amide bonds. The summed E-state index contributed by atoms with van der Waals surface area (Å²) in [6.45, 7) is 8.36. The first-order chi connectivity index (χ1) is 12.1. The third kappa shape index (κ3) is 4.27. The van der Waals surface area contributed by atoms with Gasteiger partial charge in [-0.2, -0.15) is 0 Å². The minimum absolute atomic E-state index is 0.0526. The third-order valence-electron chi connectivity index (χ3n) is 4.41. The molecule has 1 aliphatic heterocycles. The van der Waals surface area contributed by atoms with Crippen LogP contribution in [-0.2, 0) is 0 Å². The maximum atomic E-state index is 12.7. The number of aromatic nitrogens is 2. The summed E-state index contributed by atoms with van der Waals surface area (Å²) in [6, 6.07) is 7.30. The van der Waals surface area contributed by atoms with Crippen LogP contribution in [0.25, 0.3) is 0 Å². The molecule has 25 heavy (non-hydrogen) atoms. The maximum Gasteiger partial charge on any atom is 0.272 e. The first kappa shape index (κ1) is 17.6. The smallest absolute Gasteiger partial charge is 0.272 e. The van der Waals surface area contributed by atoms with Gasteiger partial charge in [0.05, 0.1) is 0 Å². The molecule has 0 aliphatic carbocycles. The van der Waals surface area contributed by atoms with Crippen molar-refractivity contribution < 1.29 is 4.79 Å². The van der Waals surface area contributed by atoms with Crippen LogP contribution in [0.1, 0.15) is 23.0 Å². The van der Waals surface area contributed by atoms with Crippen molar-refractivity contribution in [1.82, 2.24) is 19.8 Å². The Hall–Kier alpha value is -2.18. The summed E-state index contributed by atoms with van der Waals surface area (Å²) in [4.78, 5) is 25.4. The summed E-state index contributed by atoms with van der Waals surface area (Å²) in [6.07, 6.45) is 1.60.